The van der Waals surface area contributed by atoms with Crippen LogP contribution >= 0.6 is 11.3 Å². The molecule has 0 radical (unpaired) electrons. The number of rotatable bonds is 14. The van der Waals surface area contributed by atoms with Crippen LogP contribution in [0, 0.1) is 12.7 Å². The molecule has 3 rings (SSSR count). The van der Waals surface area contributed by atoms with E-state index in [1.165, 1.54) is 37.0 Å². The molecule has 0 spiro atoms. The minimum Gasteiger partial charge on any atom is -0.332 e. The van der Waals surface area contributed by atoms with Crippen LogP contribution in [0.1, 0.15) is 77.9 Å². The highest BCUT2D eigenvalue weighted by molar-refractivity contribution is 7.10. The molecule has 1 heterocycles. The zero-order valence-corrected chi connectivity index (χ0v) is 23.2. The Kier molecular flexibility index (Phi) is 11.3. The summed E-state index contributed by atoms with van der Waals surface area (Å²) in [7, 11) is 0. The van der Waals surface area contributed by atoms with E-state index in [0.29, 0.717) is 25.2 Å². The minimum atomic E-state index is -0.303. The molecule has 4 nitrogen and oxygen atoms in total. The van der Waals surface area contributed by atoms with Crippen LogP contribution in [0.4, 0.5) is 4.39 Å². The molecule has 2 amide bonds. The second-order valence-corrected chi connectivity index (χ2v) is 10.6. The second kappa shape index (κ2) is 14.7. The van der Waals surface area contributed by atoms with E-state index in [9.17, 15) is 14.0 Å². The van der Waals surface area contributed by atoms with Gasteiger partial charge < -0.3 is 9.80 Å². The summed E-state index contributed by atoms with van der Waals surface area (Å²) in [6.45, 7) is 7.58. The number of aryl methyl sites for hydroxylation is 2. The van der Waals surface area contributed by atoms with Gasteiger partial charge in [-0.25, -0.2) is 4.39 Å². The van der Waals surface area contributed by atoms with Gasteiger partial charge in [0.1, 0.15) is 12.4 Å². The zero-order chi connectivity index (χ0) is 26.6. The Morgan fingerprint density at radius 1 is 0.811 bits per heavy atom. The highest BCUT2D eigenvalue weighted by Crippen LogP contribution is 2.20. The molecule has 0 aliphatic rings. The predicted octanol–water partition coefficient (Wildman–Crippen LogP) is 7.40. The Morgan fingerprint density at radius 3 is 2.14 bits per heavy atom. The molecule has 0 saturated heterocycles. The molecule has 0 aliphatic heterocycles. The van der Waals surface area contributed by atoms with E-state index in [2.05, 4.69) is 6.92 Å². The van der Waals surface area contributed by atoms with E-state index >= 15 is 0 Å². The molecule has 0 atom stereocenters. The number of halogens is 1. The third kappa shape index (κ3) is 8.81. The number of thiophene rings is 1. The molecule has 6 heteroatoms. The first kappa shape index (κ1) is 28.6. The second-order valence-electron chi connectivity index (χ2n) is 9.64. The van der Waals surface area contributed by atoms with Crippen molar-refractivity contribution >= 4 is 23.2 Å². The maximum Gasteiger partial charge on any atom is 0.254 e. The van der Waals surface area contributed by atoms with Gasteiger partial charge in [-0.1, -0.05) is 57.4 Å². The summed E-state index contributed by atoms with van der Waals surface area (Å²) in [5.74, 6) is -0.546. The Balaban J connectivity index is 1.71. The predicted molar refractivity (Wildman–Crippen MR) is 150 cm³/mol. The quantitative estimate of drug-likeness (QED) is 0.207. The van der Waals surface area contributed by atoms with Gasteiger partial charge in [-0.15, -0.1) is 11.3 Å². The Bertz CT molecular complexity index is 1120. The summed E-state index contributed by atoms with van der Waals surface area (Å²) < 4.78 is 13.4. The van der Waals surface area contributed by atoms with Crippen molar-refractivity contribution in [2.45, 2.75) is 72.4 Å². The van der Waals surface area contributed by atoms with Gasteiger partial charge in [0.15, 0.2) is 0 Å². The first-order valence-electron chi connectivity index (χ1n) is 13.3. The Labute approximate surface area is 225 Å². The number of hydrogen-bond acceptors (Lipinski definition) is 3. The third-order valence-corrected chi connectivity index (χ3v) is 7.58. The minimum absolute atomic E-state index is 0.0110. The molecule has 0 bridgehead atoms. The molecule has 0 N–H and O–H groups in total. The first-order valence-corrected chi connectivity index (χ1v) is 14.2. The average molecular weight is 523 g/mol. The lowest BCUT2D eigenvalue weighted by molar-refractivity contribution is -0.133. The molecule has 3 aromatic rings. The number of amides is 2. The van der Waals surface area contributed by atoms with Gasteiger partial charge >= 0.3 is 0 Å². The largest absolute Gasteiger partial charge is 0.332 e. The van der Waals surface area contributed by atoms with Crippen LogP contribution in [-0.4, -0.2) is 34.7 Å². The summed E-state index contributed by atoms with van der Waals surface area (Å²) in [6, 6.07) is 16.1. The van der Waals surface area contributed by atoms with Crippen LogP contribution in [0.2, 0.25) is 0 Å². The fraction of sp³-hybridized carbons (Fsp3) is 0.419. The maximum atomic E-state index is 13.6. The van der Waals surface area contributed by atoms with Gasteiger partial charge in [0, 0.05) is 23.5 Å². The zero-order valence-electron chi connectivity index (χ0n) is 22.3. The summed E-state index contributed by atoms with van der Waals surface area (Å²) in [6.07, 6.45) is 6.63. The van der Waals surface area contributed by atoms with Crippen LogP contribution in [-0.2, 0) is 24.3 Å². The number of unbranched alkanes of at least 4 members (excludes halogenated alkanes) is 3. The van der Waals surface area contributed by atoms with Crippen molar-refractivity contribution in [2.24, 2.45) is 0 Å². The van der Waals surface area contributed by atoms with Crippen LogP contribution in [0.25, 0.3) is 0 Å². The molecule has 0 saturated carbocycles. The summed E-state index contributed by atoms with van der Waals surface area (Å²) in [5, 5.41) is 2.02. The van der Waals surface area contributed by atoms with Crippen LogP contribution in [0.5, 0.6) is 0 Å². The molecular weight excluding hydrogens is 483 g/mol. The third-order valence-electron chi connectivity index (χ3n) is 6.57. The van der Waals surface area contributed by atoms with Crippen molar-refractivity contribution in [3.63, 3.8) is 0 Å². The number of carbonyl (C=O) groups excluding carboxylic acids is 2. The Hall–Kier alpha value is -2.99. The molecule has 198 valence electrons. The standard InChI is InChI=1S/C31H39FN2O2S/c1-4-6-7-8-9-25-10-14-27(15-11-25)31(36)33(19-5-2)23-30(35)34(22-29-24(3)18-20-37-29)21-26-12-16-28(32)17-13-26/h10-18,20H,4-9,19,21-23H2,1-3H3. The van der Waals surface area contributed by atoms with Crippen LogP contribution in [0.15, 0.2) is 60.0 Å². The fourth-order valence-electron chi connectivity index (χ4n) is 4.32. The molecule has 37 heavy (non-hydrogen) atoms. The number of benzene rings is 2. The van der Waals surface area contributed by atoms with Crippen molar-refractivity contribution in [3.05, 3.63) is 92.9 Å². The summed E-state index contributed by atoms with van der Waals surface area (Å²) in [4.78, 5) is 31.5. The van der Waals surface area contributed by atoms with Crippen LogP contribution < -0.4 is 0 Å². The van der Waals surface area contributed by atoms with Gasteiger partial charge in [0.25, 0.3) is 5.91 Å². The Morgan fingerprint density at radius 2 is 1.51 bits per heavy atom. The van der Waals surface area contributed by atoms with Gasteiger partial charge in [-0.2, -0.15) is 0 Å². The highest BCUT2D eigenvalue weighted by atomic mass is 32.1. The molecular formula is C31H39FN2O2S. The summed E-state index contributed by atoms with van der Waals surface area (Å²) in [5.41, 5.74) is 3.84. The van der Waals surface area contributed by atoms with E-state index in [-0.39, 0.29) is 24.2 Å². The van der Waals surface area contributed by atoms with E-state index in [1.54, 1.807) is 33.3 Å². The van der Waals surface area contributed by atoms with Crippen molar-refractivity contribution in [1.82, 2.24) is 9.80 Å². The maximum absolute atomic E-state index is 13.6. The van der Waals surface area contributed by atoms with Gasteiger partial charge in [-0.3, -0.25) is 9.59 Å². The van der Waals surface area contributed by atoms with Gasteiger partial charge in [-0.05, 0) is 78.6 Å². The van der Waals surface area contributed by atoms with Crippen molar-refractivity contribution < 1.29 is 14.0 Å². The normalized spacial score (nSPS) is 10.9. The van der Waals surface area contributed by atoms with Gasteiger partial charge in [0.05, 0.1) is 6.54 Å². The molecule has 0 aliphatic carbocycles. The fourth-order valence-corrected chi connectivity index (χ4v) is 5.24. The lowest BCUT2D eigenvalue weighted by atomic mass is 10.0. The van der Waals surface area contributed by atoms with E-state index in [4.69, 9.17) is 0 Å². The van der Waals surface area contributed by atoms with Gasteiger partial charge in [0.2, 0.25) is 5.91 Å². The lowest BCUT2D eigenvalue weighted by Gasteiger charge is -2.28. The number of nitrogens with zero attached hydrogens (tertiary/aromatic N) is 2. The SMILES string of the molecule is CCCCCCc1ccc(C(=O)N(CCC)CC(=O)N(Cc2ccc(F)cc2)Cc2sccc2C)cc1. The highest BCUT2D eigenvalue weighted by Gasteiger charge is 2.23. The first-order chi connectivity index (χ1) is 17.9. The van der Waals surface area contributed by atoms with E-state index in [1.807, 2.05) is 49.6 Å². The lowest BCUT2D eigenvalue weighted by Crippen LogP contribution is -2.42. The monoisotopic (exact) mass is 522 g/mol. The molecule has 0 unspecified atom stereocenters. The number of carbonyl (C=O) groups is 2. The molecule has 0 fully saturated rings. The van der Waals surface area contributed by atoms with E-state index in [0.717, 1.165) is 35.3 Å². The van der Waals surface area contributed by atoms with Crippen molar-refractivity contribution in [2.75, 3.05) is 13.1 Å². The van der Waals surface area contributed by atoms with Crippen molar-refractivity contribution in [3.8, 4) is 0 Å². The van der Waals surface area contributed by atoms with Crippen molar-refractivity contribution in [1.29, 1.82) is 0 Å². The summed E-state index contributed by atoms with van der Waals surface area (Å²) >= 11 is 1.62. The number of hydrogen-bond donors (Lipinski definition) is 0. The molecule has 2 aromatic carbocycles. The smallest absolute Gasteiger partial charge is 0.254 e. The van der Waals surface area contributed by atoms with Crippen LogP contribution in [0.3, 0.4) is 0 Å². The van der Waals surface area contributed by atoms with E-state index < -0.39 is 0 Å². The molecule has 1 aromatic heterocycles. The topological polar surface area (TPSA) is 40.6 Å². The average Bonchev–Trinajstić information content (AvgIpc) is 3.31.